The van der Waals surface area contributed by atoms with Gasteiger partial charge in [-0.1, -0.05) is 127 Å². The fraction of sp³-hybridized carbons (Fsp3) is 0. The first-order chi connectivity index (χ1) is 27.2. The van der Waals surface area contributed by atoms with E-state index in [2.05, 4.69) is 216 Å². The maximum Gasteiger partial charge on any atom is 0.0561 e. The maximum atomic E-state index is 2.39. The minimum absolute atomic E-state index is 1.10. The quantitative estimate of drug-likeness (QED) is 0.166. The molecule has 0 spiro atoms. The Labute approximate surface area is 323 Å². The first-order valence-corrected chi connectivity index (χ1v) is 19.6. The molecule has 9 aromatic carbocycles. The van der Waals surface area contributed by atoms with Gasteiger partial charge in [-0.25, -0.2) is 0 Å². The van der Waals surface area contributed by atoms with E-state index in [4.69, 9.17) is 0 Å². The molecular formula is C52H34N2S. The minimum atomic E-state index is 1.10. The Kier molecular flexibility index (Phi) is 7.39. The molecule has 0 N–H and O–H groups in total. The molecule has 11 aromatic rings. The number of fused-ring (bicyclic) bond motifs is 7. The van der Waals surface area contributed by atoms with Crippen LogP contribution in [-0.4, -0.2) is 4.57 Å². The summed E-state index contributed by atoms with van der Waals surface area (Å²) in [5.41, 5.74) is 11.7. The van der Waals surface area contributed by atoms with Crippen LogP contribution in [0.25, 0.3) is 80.7 Å². The molecule has 0 bridgehead atoms. The zero-order chi connectivity index (χ0) is 36.3. The lowest BCUT2D eigenvalue weighted by Crippen LogP contribution is -2.10. The Balaban J connectivity index is 1.04. The van der Waals surface area contributed by atoms with Gasteiger partial charge in [0.2, 0.25) is 0 Å². The SMILES string of the molecule is c1ccc(-c2ccc(N(c3ccc(-c4ccc5cc6sc7ccccc7c6cc5c4)cc3)c3ccc4c5ccccc5n(-c5ccccc5)c4c3)cc2)cc1. The summed E-state index contributed by atoms with van der Waals surface area (Å²) < 4.78 is 5.06. The van der Waals surface area contributed by atoms with Crippen LogP contribution >= 0.6 is 11.3 Å². The third-order valence-corrected chi connectivity index (χ3v) is 12.1. The summed E-state index contributed by atoms with van der Waals surface area (Å²) in [5.74, 6) is 0. The fourth-order valence-corrected chi connectivity index (χ4v) is 9.42. The highest BCUT2D eigenvalue weighted by Crippen LogP contribution is 2.42. The van der Waals surface area contributed by atoms with Gasteiger partial charge in [-0.05, 0) is 112 Å². The Bertz CT molecular complexity index is 3180. The second-order valence-corrected chi connectivity index (χ2v) is 15.3. The van der Waals surface area contributed by atoms with Crippen LogP contribution in [0.1, 0.15) is 0 Å². The molecule has 0 aliphatic rings. The van der Waals surface area contributed by atoms with Crippen LogP contribution in [0.5, 0.6) is 0 Å². The molecule has 3 heteroatoms. The standard InChI is InChI=1S/C52H34N2S/c1-3-11-35(12-4-1)36-21-25-42(26-22-36)53(44-29-30-46-45-15-7-9-17-49(45)54(50(46)34-44)41-13-5-2-6-14-41)43-27-23-37(24-28-43)38-19-20-39-33-52-48(32-40(39)31-38)47-16-8-10-18-51(47)55-52/h1-34H. The van der Waals surface area contributed by atoms with Gasteiger partial charge in [0.25, 0.3) is 0 Å². The molecule has 2 nitrogen and oxygen atoms in total. The highest BCUT2D eigenvalue weighted by atomic mass is 32.1. The molecule has 11 rings (SSSR count). The van der Waals surface area contributed by atoms with Crippen molar-refractivity contribution in [2.45, 2.75) is 0 Å². The summed E-state index contributed by atoms with van der Waals surface area (Å²) in [5, 5.41) is 7.69. The first-order valence-electron chi connectivity index (χ1n) is 18.7. The van der Waals surface area contributed by atoms with Crippen molar-refractivity contribution in [3.63, 3.8) is 0 Å². The average Bonchev–Trinajstić information content (AvgIpc) is 3.78. The number of nitrogens with zero attached hydrogens (tertiary/aromatic N) is 2. The van der Waals surface area contributed by atoms with Crippen LogP contribution in [0.3, 0.4) is 0 Å². The van der Waals surface area contributed by atoms with Crippen molar-refractivity contribution < 1.29 is 0 Å². The van der Waals surface area contributed by atoms with E-state index in [1.54, 1.807) is 0 Å². The van der Waals surface area contributed by atoms with Gasteiger partial charge in [0, 0.05) is 53.7 Å². The summed E-state index contributed by atoms with van der Waals surface area (Å²) in [6.45, 7) is 0. The van der Waals surface area contributed by atoms with Crippen molar-refractivity contribution in [2.75, 3.05) is 4.90 Å². The molecule has 0 aliphatic heterocycles. The fourth-order valence-electron chi connectivity index (χ4n) is 8.28. The highest BCUT2D eigenvalue weighted by Gasteiger charge is 2.18. The zero-order valence-electron chi connectivity index (χ0n) is 29.9. The van der Waals surface area contributed by atoms with Crippen molar-refractivity contribution >= 4 is 81.1 Å². The molecule has 2 heterocycles. The van der Waals surface area contributed by atoms with Crippen LogP contribution in [0.2, 0.25) is 0 Å². The molecule has 2 aromatic heterocycles. The minimum Gasteiger partial charge on any atom is -0.310 e. The van der Waals surface area contributed by atoms with E-state index >= 15 is 0 Å². The maximum absolute atomic E-state index is 2.39. The largest absolute Gasteiger partial charge is 0.310 e. The van der Waals surface area contributed by atoms with E-state index in [1.807, 2.05) is 11.3 Å². The van der Waals surface area contributed by atoms with Gasteiger partial charge in [0.15, 0.2) is 0 Å². The Morgan fingerprint density at radius 3 is 1.67 bits per heavy atom. The lowest BCUT2D eigenvalue weighted by atomic mass is 9.99. The molecule has 55 heavy (non-hydrogen) atoms. The lowest BCUT2D eigenvalue weighted by Gasteiger charge is -2.26. The number of rotatable bonds is 6. The van der Waals surface area contributed by atoms with E-state index in [0.717, 1.165) is 22.7 Å². The molecule has 0 radical (unpaired) electrons. The molecule has 0 amide bonds. The molecule has 0 saturated carbocycles. The van der Waals surface area contributed by atoms with Crippen molar-refractivity contribution in [3.05, 3.63) is 206 Å². The second kappa shape index (κ2) is 12.9. The van der Waals surface area contributed by atoms with Crippen LogP contribution in [0.4, 0.5) is 17.1 Å². The molecule has 0 saturated heterocycles. The topological polar surface area (TPSA) is 8.17 Å². The number of para-hydroxylation sites is 2. The van der Waals surface area contributed by atoms with Crippen molar-refractivity contribution in [3.8, 4) is 27.9 Å². The predicted molar refractivity (Wildman–Crippen MR) is 237 cm³/mol. The Morgan fingerprint density at radius 2 is 0.909 bits per heavy atom. The average molecular weight is 719 g/mol. The first kappa shape index (κ1) is 31.6. The van der Waals surface area contributed by atoms with E-state index in [0.29, 0.717) is 0 Å². The van der Waals surface area contributed by atoms with Crippen LogP contribution in [0, 0.1) is 0 Å². The van der Waals surface area contributed by atoms with Gasteiger partial charge < -0.3 is 9.47 Å². The Hall–Kier alpha value is -6.94. The predicted octanol–water partition coefficient (Wildman–Crippen LogP) is 15.1. The molecule has 0 unspecified atom stereocenters. The summed E-state index contributed by atoms with van der Waals surface area (Å²) in [7, 11) is 0. The van der Waals surface area contributed by atoms with E-state index in [1.165, 1.54) is 75.0 Å². The van der Waals surface area contributed by atoms with Gasteiger partial charge in [-0.3, -0.25) is 0 Å². The molecule has 258 valence electrons. The van der Waals surface area contributed by atoms with Crippen molar-refractivity contribution in [1.82, 2.24) is 4.57 Å². The van der Waals surface area contributed by atoms with Gasteiger partial charge >= 0.3 is 0 Å². The van der Waals surface area contributed by atoms with Gasteiger partial charge in [0.1, 0.15) is 0 Å². The Morgan fingerprint density at radius 1 is 0.327 bits per heavy atom. The number of anilines is 3. The number of hydrogen-bond acceptors (Lipinski definition) is 2. The smallest absolute Gasteiger partial charge is 0.0561 e. The molecule has 0 atom stereocenters. The molecule has 0 aliphatic carbocycles. The van der Waals surface area contributed by atoms with Gasteiger partial charge in [-0.15, -0.1) is 11.3 Å². The number of hydrogen-bond donors (Lipinski definition) is 0. The number of benzene rings is 9. The van der Waals surface area contributed by atoms with E-state index < -0.39 is 0 Å². The lowest BCUT2D eigenvalue weighted by molar-refractivity contribution is 1.18. The van der Waals surface area contributed by atoms with E-state index in [-0.39, 0.29) is 0 Å². The monoisotopic (exact) mass is 718 g/mol. The van der Waals surface area contributed by atoms with E-state index in [9.17, 15) is 0 Å². The summed E-state index contributed by atoms with van der Waals surface area (Å²) in [6, 6.07) is 75.2. The van der Waals surface area contributed by atoms with Crippen LogP contribution in [-0.2, 0) is 0 Å². The molecular weight excluding hydrogens is 685 g/mol. The third kappa shape index (κ3) is 5.40. The normalized spacial score (nSPS) is 11.6. The third-order valence-electron chi connectivity index (χ3n) is 11.0. The summed E-state index contributed by atoms with van der Waals surface area (Å²) in [4.78, 5) is 2.38. The van der Waals surface area contributed by atoms with Crippen LogP contribution in [0.15, 0.2) is 206 Å². The summed E-state index contributed by atoms with van der Waals surface area (Å²) >= 11 is 1.87. The molecule has 0 fully saturated rings. The number of thiophene rings is 1. The van der Waals surface area contributed by atoms with Crippen molar-refractivity contribution in [1.29, 1.82) is 0 Å². The number of aromatic nitrogens is 1. The van der Waals surface area contributed by atoms with Crippen molar-refractivity contribution in [2.24, 2.45) is 0 Å². The summed E-state index contributed by atoms with van der Waals surface area (Å²) in [6.07, 6.45) is 0. The van der Waals surface area contributed by atoms with Crippen LogP contribution < -0.4 is 4.90 Å². The van der Waals surface area contributed by atoms with Gasteiger partial charge in [0.05, 0.1) is 11.0 Å². The zero-order valence-corrected chi connectivity index (χ0v) is 30.7. The highest BCUT2D eigenvalue weighted by molar-refractivity contribution is 7.25. The second-order valence-electron chi connectivity index (χ2n) is 14.2. The van der Waals surface area contributed by atoms with Gasteiger partial charge in [-0.2, -0.15) is 0 Å².